The number of hydrogen-bond donors (Lipinski definition) is 1. The van der Waals surface area contributed by atoms with Crippen LogP contribution in [0, 0.1) is 0 Å². The highest BCUT2D eigenvalue weighted by atomic mass is 32.1. The van der Waals surface area contributed by atoms with Crippen LogP contribution in [0.25, 0.3) is 0 Å². The number of hydrogen-bond acceptors (Lipinski definition) is 3. The van der Waals surface area contributed by atoms with Crippen molar-refractivity contribution >= 4 is 18.5 Å². The number of morpholine rings is 1. The number of amides is 1. The van der Waals surface area contributed by atoms with Crippen LogP contribution >= 0.6 is 12.6 Å². The summed E-state index contributed by atoms with van der Waals surface area (Å²) < 4.78 is 5.25. The van der Waals surface area contributed by atoms with Gasteiger partial charge in [0.05, 0.1) is 13.2 Å². The van der Waals surface area contributed by atoms with Crippen LogP contribution in [0.15, 0.2) is 0 Å². The minimum atomic E-state index is 0.317. The second-order valence-electron chi connectivity index (χ2n) is 5.30. The van der Waals surface area contributed by atoms with Crippen molar-refractivity contribution in [2.24, 2.45) is 0 Å². The summed E-state index contributed by atoms with van der Waals surface area (Å²) in [5.74, 6) is 1.33. The van der Waals surface area contributed by atoms with Gasteiger partial charge in [-0.1, -0.05) is 38.5 Å². The summed E-state index contributed by atoms with van der Waals surface area (Å²) in [6.45, 7) is 2.98. The van der Waals surface area contributed by atoms with Gasteiger partial charge in [0.1, 0.15) is 0 Å². The Balaban J connectivity index is 1.86. The fourth-order valence-corrected chi connectivity index (χ4v) is 2.64. The van der Waals surface area contributed by atoms with E-state index in [2.05, 4.69) is 12.6 Å². The molecule has 1 fully saturated rings. The van der Waals surface area contributed by atoms with Crippen molar-refractivity contribution in [3.05, 3.63) is 0 Å². The van der Waals surface area contributed by atoms with E-state index in [1.54, 1.807) is 0 Å². The summed E-state index contributed by atoms with van der Waals surface area (Å²) in [6, 6.07) is 0. The number of unbranched alkanes of at least 4 members (excludes halogenated alkanes) is 7. The quantitative estimate of drug-likeness (QED) is 0.493. The van der Waals surface area contributed by atoms with Gasteiger partial charge in [-0.3, -0.25) is 4.79 Å². The maximum atomic E-state index is 11.9. The predicted molar refractivity (Wildman–Crippen MR) is 82.8 cm³/mol. The standard InChI is InChI=1S/C15H29NO2S/c17-15(16-10-12-18-13-11-16)9-7-5-3-1-2-4-6-8-14-19/h19H,1-14H2. The molecule has 19 heavy (non-hydrogen) atoms. The Hall–Kier alpha value is -0.220. The van der Waals surface area contributed by atoms with Crippen LogP contribution in [0.2, 0.25) is 0 Å². The number of nitrogens with zero attached hydrogens (tertiary/aromatic N) is 1. The van der Waals surface area contributed by atoms with E-state index in [9.17, 15) is 4.79 Å². The van der Waals surface area contributed by atoms with Gasteiger partial charge in [0.25, 0.3) is 0 Å². The molecule has 0 atom stereocenters. The molecule has 0 radical (unpaired) electrons. The second kappa shape index (κ2) is 11.6. The minimum Gasteiger partial charge on any atom is -0.378 e. The fourth-order valence-electron chi connectivity index (χ4n) is 2.42. The van der Waals surface area contributed by atoms with E-state index >= 15 is 0 Å². The first-order chi connectivity index (χ1) is 9.34. The summed E-state index contributed by atoms with van der Waals surface area (Å²) in [7, 11) is 0. The minimum absolute atomic E-state index is 0.317. The Morgan fingerprint density at radius 1 is 0.895 bits per heavy atom. The molecule has 0 saturated carbocycles. The van der Waals surface area contributed by atoms with Crippen LogP contribution in [-0.4, -0.2) is 42.9 Å². The molecule has 0 aromatic heterocycles. The number of carbonyl (C=O) groups is 1. The molecule has 1 aliphatic heterocycles. The lowest BCUT2D eigenvalue weighted by Crippen LogP contribution is -2.40. The molecule has 0 N–H and O–H groups in total. The molecule has 1 aliphatic rings. The van der Waals surface area contributed by atoms with Gasteiger partial charge in [-0.05, 0) is 18.6 Å². The van der Waals surface area contributed by atoms with E-state index in [1.807, 2.05) is 4.90 Å². The molecule has 4 heteroatoms. The zero-order valence-electron chi connectivity index (χ0n) is 12.1. The molecule has 0 spiro atoms. The van der Waals surface area contributed by atoms with Gasteiger partial charge in [0.15, 0.2) is 0 Å². The van der Waals surface area contributed by atoms with E-state index < -0.39 is 0 Å². The molecule has 0 aromatic rings. The molecular formula is C15H29NO2S. The van der Waals surface area contributed by atoms with E-state index in [1.165, 1.54) is 44.9 Å². The number of ether oxygens (including phenoxy) is 1. The Morgan fingerprint density at radius 2 is 1.42 bits per heavy atom. The molecular weight excluding hydrogens is 258 g/mol. The van der Waals surface area contributed by atoms with Crippen molar-refractivity contribution in [3.8, 4) is 0 Å². The average Bonchev–Trinajstić information content (AvgIpc) is 2.46. The zero-order valence-corrected chi connectivity index (χ0v) is 13.0. The van der Waals surface area contributed by atoms with Crippen molar-refractivity contribution in [3.63, 3.8) is 0 Å². The van der Waals surface area contributed by atoms with Crippen LogP contribution in [0.3, 0.4) is 0 Å². The Labute approximate surface area is 123 Å². The fraction of sp³-hybridized carbons (Fsp3) is 0.933. The second-order valence-corrected chi connectivity index (χ2v) is 5.74. The molecule has 0 aliphatic carbocycles. The van der Waals surface area contributed by atoms with Crippen LogP contribution in [0.5, 0.6) is 0 Å². The molecule has 0 aromatic carbocycles. The topological polar surface area (TPSA) is 29.5 Å². The maximum absolute atomic E-state index is 11.9. The van der Waals surface area contributed by atoms with E-state index in [0.717, 1.165) is 31.7 Å². The van der Waals surface area contributed by atoms with Crippen molar-refractivity contribution in [1.82, 2.24) is 4.90 Å². The molecule has 1 amide bonds. The first-order valence-corrected chi connectivity index (χ1v) is 8.44. The van der Waals surface area contributed by atoms with Crippen molar-refractivity contribution in [2.45, 2.75) is 57.8 Å². The lowest BCUT2D eigenvalue weighted by molar-refractivity contribution is -0.135. The number of rotatable bonds is 10. The summed E-state index contributed by atoms with van der Waals surface area (Å²) in [5.41, 5.74) is 0. The SMILES string of the molecule is O=C(CCCCCCCCCCS)N1CCOCC1. The molecule has 3 nitrogen and oxygen atoms in total. The highest BCUT2D eigenvalue weighted by Crippen LogP contribution is 2.11. The Bertz CT molecular complexity index is 230. The third-order valence-electron chi connectivity index (χ3n) is 3.66. The van der Waals surface area contributed by atoms with Crippen LogP contribution in [0.4, 0.5) is 0 Å². The predicted octanol–water partition coefficient (Wildman–Crippen LogP) is 3.29. The van der Waals surface area contributed by atoms with Crippen LogP contribution in [0.1, 0.15) is 57.8 Å². The summed E-state index contributed by atoms with van der Waals surface area (Å²) in [6.07, 6.45) is 10.8. The lowest BCUT2D eigenvalue weighted by Gasteiger charge is -2.26. The average molecular weight is 287 g/mol. The summed E-state index contributed by atoms with van der Waals surface area (Å²) in [4.78, 5) is 13.8. The Kier molecular flexibility index (Phi) is 10.3. The normalized spacial score (nSPS) is 15.7. The highest BCUT2D eigenvalue weighted by molar-refractivity contribution is 7.80. The number of carbonyl (C=O) groups excluding carboxylic acids is 1. The van der Waals surface area contributed by atoms with Gasteiger partial charge >= 0.3 is 0 Å². The van der Waals surface area contributed by atoms with Gasteiger partial charge in [0.2, 0.25) is 5.91 Å². The van der Waals surface area contributed by atoms with E-state index in [4.69, 9.17) is 4.74 Å². The van der Waals surface area contributed by atoms with Gasteiger partial charge in [-0.2, -0.15) is 12.6 Å². The van der Waals surface area contributed by atoms with Gasteiger partial charge in [0, 0.05) is 19.5 Å². The molecule has 0 unspecified atom stereocenters. The lowest BCUT2D eigenvalue weighted by atomic mass is 10.1. The summed E-state index contributed by atoms with van der Waals surface area (Å²) >= 11 is 4.21. The first-order valence-electron chi connectivity index (χ1n) is 7.81. The molecule has 1 heterocycles. The van der Waals surface area contributed by atoms with Gasteiger partial charge in [-0.15, -0.1) is 0 Å². The van der Waals surface area contributed by atoms with Gasteiger partial charge in [-0.25, -0.2) is 0 Å². The molecule has 1 saturated heterocycles. The first kappa shape index (κ1) is 16.8. The van der Waals surface area contributed by atoms with E-state index in [-0.39, 0.29) is 0 Å². The van der Waals surface area contributed by atoms with Gasteiger partial charge < -0.3 is 9.64 Å². The van der Waals surface area contributed by atoms with Crippen molar-refractivity contribution < 1.29 is 9.53 Å². The van der Waals surface area contributed by atoms with Crippen LogP contribution in [-0.2, 0) is 9.53 Å². The van der Waals surface area contributed by atoms with E-state index in [0.29, 0.717) is 19.1 Å². The maximum Gasteiger partial charge on any atom is 0.222 e. The zero-order chi connectivity index (χ0) is 13.8. The largest absolute Gasteiger partial charge is 0.378 e. The van der Waals surface area contributed by atoms with Crippen LogP contribution < -0.4 is 0 Å². The molecule has 112 valence electrons. The Morgan fingerprint density at radius 3 is 2.00 bits per heavy atom. The van der Waals surface area contributed by atoms with Crippen molar-refractivity contribution in [2.75, 3.05) is 32.1 Å². The third-order valence-corrected chi connectivity index (χ3v) is 3.98. The highest BCUT2D eigenvalue weighted by Gasteiger charge is 2.15. The summed E-state index contributed by atoms with van der Waals surface area (Å²) in [5, 5.41) is 0. The third kappa shape index (κ3) is 8.53. The monoisotopic (exact) mass is 287 g/mol. The van der Waals surface area contributed by atoms with Crippen molar-refractivity contribution in [1.29, 1.82) is 0 Å². The number of thiol groups is 1. The molecule has 1 rings (SSSR count). The smallest absolute Gasteiger partial charge is 0.222 e. The molecule has 0 bridgehead atoms.